The van der Waals surface area contributed by atoms with Crippen LogP contribution in [0.4, 0.5) is 0 Å². The van der Waals surface area contributed by atoms with E-state index in [-0.39, 0.29) is 29.8 Å². The molecular formula is C28H38INO3. The lowest BCUT2D eigenvalue weighted by Gasteiger charge is -2.35. The number of fused-ring (bicyclic) bond motifs is 1. The zero-order valence-electron chi connectivity index (χ0n) is 20.5. The van der Waals surface area contributed by atoms with E-state index in [0.29, 0.717) is 17.7 Å². The first-order valence-electron chi connectivity index (χ1n) is 12.2. The maximum Gasteiger partial charge on any atom is 0.197 e. The van der Waals surface area contributed by atoms with E-state index in [9.17, 15) is 4.79 Å². The van der Waals surface area contributed by atoms with Crippen LogP contribution < -0.4 is 28.7 Å². The van der Waals surface area contributed by atoms with Crippen LogP contribution in [0.5, 0.6) is 5.75 Å². The Morgan fingerprint density at radius 3 is 2.21 bits per heavy atom. The number of hydrogen-bond acceptors (Lipinski definition) is 3. The van der Waals surface area contributed by atoms with Crippen LogP contribution in [0.3, 0.4) is 0 Å². The van der Waals surface area contributed by atoms with Gasteiger partial charge in [0.25, 0.3) is 0 Å². The summed E-state index contributed by atoms with van der Waals surface area (Å²) in [5, 5.41) is 0.897. The molecule has 0 fully saturated rings. The topological polar surface area (TPSA) is 39.4 Å². The van der Waals surface area contributed by atoms with Crippen molar-refractivity contribution in [3.05, 3.63) is 65.4 Å². The third-order valence-corrected chi connectivity index (χ3v) is 6.83. The summed E-state index contributed by atoms with van der Waals surface area (Å²) in [6.45, 7) is 14.2. The molecule has 0 bridgehead atoms. The van der Waals surface area contributed by atoms with Crippen molar-refractivity contribution in [2.75, 3.05) is 32.8 Å². The highest BCUT2D eigenvalue weighted by molar-refractivity contribution is 6.16. The summed E-state index contributed by atoms with van der Waals surface area (Å²) < 4.78 is 13.1. The van der Waals surface area contributed by atoms with Gasteiger partial charge < -0.3 is 37.6 Å². The molecule has 0 N–H and O–H groups in total. The Labute approximate surface area is 215 Å². The van der Waals surface area contributed by atoms with Crippen LogP contribution >= 0.6 is 0 Å². The van der Waals surface area contributed by atoms with Gasteiger partial charge in [-0.1, -0.05) is 31.5 Å². The Kier molecular flexibility index (Phi) is 10.9. The molecule has 3 aromatic rings. The van der Waals surface area contributed by atoms with Crippen LogP contribution in [-0.4, -0.2) is 43.1 Å². The molecule has 0 amide bonds. The van der Waals surface area contributed by atoms with E-state index in [2.05, 4.69) is 27.7 Å². The van der Waals surface area contributed by atoms with Crippen LogP contribution in [-0.2, 0) is 6.42 Å². The number of ketones is 1. The van der Waals surface area contributed by atoms with Crippen LogP contribution in [0.1, 0.15) is 68.6 Å². The number of ether oxygens (including phenoxy) is 1. The second-order valence-electron chi connectivity index (χ2n) is 8.57. The van der Waals surface area contributed by atoms with E-state index in [1.54, 1.807) is 0 Å². The van der Waals surface area contributed by atoms with E-state index in [4.69, 9.17) is 9.15 Å². The lowest BCUT2D eigenvalue weighted by atomic mass is 9.98. The predicted octanol–water partition coefficient (Wildman–Crippen LogP) is 3.66. The Hall–Kier alpha value is -1.86. The molecule has 33 heavy (non-hydrogen) atoms. The third-order valence-electron chi connectivity index (χ3n) is 6.83. The van der Waals surface area contributed by atoms with Gasteiger partial charge in [-0.15, -0.1) is 0 Å². The van der Waals surface area contributed by atoms with Crippen LogP contribution in [0, 0.1) is 0 Å². The molecule has 1 aromatic heterocycles. The molecule has 2 aromatic carbocycles. The van der Waals surface area contributed by atoms with E-state index in [1.165, 1.54) is 0 Å². The number of furan rings is 1. The highest BCUT2D eigenvalue weighted by Gasteiger charge is 2.22. The Morgan fingerprint density at radius 1 is 0.909 bits per heavy atom. The maximum absolute atomic E-state index is 13.4. The van der Waals surface area contributed by atoms with Crippen molar-refractivity contribution >= 4 is 16.8 Å². The first-order valence-corrected chi connectivity index (χ1v) is 12.2. The van der Waals surface area contributed by atoms with Gasteiger partial charge in [-0.3, -0.25) is 4.79 Å². The molecular weight excluding hydrogens is 525 g/mol. The lowest BCUT2D eigenvalue weighted by molar-refractivity contribution is -0.923. The number of unbranched alkanes of at least 4 members (excludes halogenated alkanes) is 1. The number of halogens is 1. The summed E-state index contributed by atoms with van der Waals surface area (Å²) in [6, 6.07) is 15.4. The average Bonchev–Trinajstić information content (AvgIpc) is 3.21. The van der Waals surface area contributed by atoms with Crippen molar-refractivity contribution in [2.45, 2.75) is 53.4 Å². The SMILES string of the molecule is CCCCc1oc2ccccc2c1C(=O)c1ccc(OCCC[N+](CC)(CC)CC)cc1.[I-]. The summed E-state index contributed by atoms with van der Waals surface area (Å²) in [6.07, 6.45) is 3.87. The number of rotatable bonds is 13. The molecule has 0 aliphatic rings. The van der Waals surface area contributed by atoms with E-state index < -0.39 is 0 Å². The minimum absolute atomic E-state index is 0. The molecule has 180 valence electrons. The summed E-state index contributed by atoms with van der Waals surface area (Å²) in [4.78, 5) is 13.4. The van der Waals surface area contributed by atoms with Crippen LogP contribution in [0.25, 0.3) is 11.0 Å². The van der Waals surface area contributed by atoms with E-state index in [1.807, 2.05) is 48.5 Å². The lowest BCUT2D eigenvalue weighted by Crippen LogP contribution is -3.00. The van der Waals surface area contributed by atoms with Gasteiger partial charge in [0.2, 0.25) is 0 Å². The monoisotopic (exact) mass is 563 g/mol. The quantitative estimate of drug-likeness (QED) is 0.138. The summed E-state index contributed by atoms with van der Waals surface area (Å²) in [5.74, 6) is 1.62. The highest BCUT2D eigenvalue weighted by atomic mass is 127. The smallest absolute Gasteiger partial charge is 0.197 e. The number of nitrogens with zero attached hydrogens (tertiary/aromatic N) is 1. The molecule has 1 heterocycles. The second kappa shape index (κ2) is 13.1. The number of carbonyl (C=O) groups excluding carboxylic acids is 1. The predicted molar refractivity (Wildman–Crippen MR) is 132 cm³/mol. The van der Waals surface area contributed by atoms with Crippen molar-refractivity contribution in [1.29, 1.82) is 0 Å². The fourth-order valence-corrected chi connectivity index (χ4v) is 4.44. The van der Waals surface area contributed by atoms with Crippen LogP contribution in [0.15, 0.2) is 52.9 Å². The normalized spacial score (nSPS) is 11.4. The standard InChI is InChI=1S/C28H38NO3.HI/c1-5-9-14-26-27(24-13-10-11-15-25(24)32-26)28(30)22-16-18-23(19-17-22)31-21-12-20-29(6-2,7-3)8-4;/h10-11,13,15-19H,5-9,12,14,20-21H2,1-4H3;1H/q+1;/p-1. The van der Waals surface area contributed by atoms with Crippen molar-refractivity contribution < 1.29 is 42.4 Å². The minimum atomic E-state index is 0. The number of aryl methyl sites for hydroxylation is 1. The van der Waals surface area contributed by atoms with Gasteiger partial charge in [-0.25, -0.2) is 0 Å². The van der Waals surface area contributed by atoms with Crippen molar-refractivity contribution in [2.24, 2.45) is 0 Å². The number of benzene rings is 2. The molecule has 3 rings (SSSR count). The van der Waals surface area contributed by atoms with Gasteiger partial charge in [0.1, 0.15) is 17.1 Å². The van der Waals surface area contributed by atoms with E-state index >= 15 is 0 Å². The van der Waals surface area contributed by atoms with Gasteiger partial charge in [-0.05, 0) is 57.5 Å². The Morgan fingerprint density at radius 2 is 1.58 bits per heavy atom. The van der Waals surface area contributed by atoms with Crippen LogP contribution in [0.2, 0.25) is 0 Å². The molecule has 0 atom stereocenters. The van der Waals surface area contributed by atoms with Gasteiger partial charge >= 0.3 is 0 Å². The highest BCUT2D eigenvalue weighted by Crippen LogP contribution is 2.29. The molecule has 0 saturated carbocycles. The fourth-order valence-electron chi connectivity index (χ4n) is 4.44. The number of para-hydroxylation sites is 1. The van der Waals surface area contributed by atoms with E-state index in [0.717, 1.165) is 78.8 Å². The largest absolute Gasteiger partial charge is 1.00 e. The number of quaternary nitrogens is 1. The van der Waals surface area contributed by atoms with Gasteiger partial charge in [0.05, 0.1) is 38.3 Å². The average molecular weight is 564 g/mol. The van der Waals surface area contributed by atoms with Gasteiger partial charge in [-0.2, -0.15) is 0 Å². The number of carbonyl (C=O) groups is 1. The first kappa shape index (κ1) is 27.4. The first-order chi connectivity index (χ1) is 15.6. The second-order valence-corrected chi connectivity index (χ2v) is 8.57. The molecule has 0 saturated heterocycles. The van der Waals surface area contributed by atoms with Crippen molar-refractivity contribution in [1.82, 2.24) is 0 Å². The summed E-state index contributed by atoms with van der Waals surface area (Å²) >= 11 is 0. The molecule has 0 radical (unpaired) electrons. The molecule has 0 unspecified atom stereocenters. The minimum Gasteiger partial charge on any atom is -1.00 e. The Balaban J connectivity index is 0.00000385. The molecule has 0 aliphatic heterocycles. The summed E-state index contributed by atoms with van der Waals surface area (Å²) in [5.41, 5.74) is 2.15. The van der Waals surface area contributed by atoms with Crippen molar-refractivity contribution in [3.8, 4) is 5.75 Å². The van der Waals surface area contributed by atoms with Gasteiger partial charge in [0, 0.05) is 23.8 Å². The molecule has 0 spiro atoms. The molecule has 5 heteroatoms. The zero-order valence-corrected chi connectivity index (χ0v) is 22.7. The molecule has 0 aliphatic carbocycles. The number of hydrogen-bond donors (Lipinski definition) is 0. The zero-order chi connectivity index (χ0) is 23.0. The summed E-state index contributed by atoms with van der Waals surface area (Å²) in [7, 11) is 0. The maximum atomic E-state index is 13.4. The van der Waals surface area contributed by atoms with Gasteiger partial charge in [0.15, 0.2) is 5.78 Å². The van der Waals surface area contributed by atoms with Crippen molar-refractivity contribution in [3.63, 3.8) is 0 Å². The third kappa shape index (κ3) is 6.60. The Bertz CT molecular complexity index is 997. The fraction of sp³-hybridized carbons (Fsp3) is 0.464. The molecule has 4 nitrogen and oxygen atoms in total.